The Labute approximate surface area is 206 Å². The molecule has 0 saturated heterocycles. The minimum atomic E-state index is -1.94. The first-order valence-corrected chi connectivity index (χ1v) is 13.2. The summed E-state index contributed by atoms with van der Waals surface area (Å²) in [7, 11) is 0. The van der Waals surface area contributed by atoms with Crippen LogP contribution in [0.2, 0.25) is 0 Å². The summed E-state index contributed by atoms with van der Waals surface area (Å²) in [4.78, 5) is 18.9. The summed E-state index contributed by atoms with van der Waals surface area (Å²) in [5, 5.41) is 34.6. The summed E-state index contributed by atoms with van der Waals surface area (Å²) >= 11 is 0. The molecule has 7 nitrogen and oxygen atoms in total. The average Bonchev–Trinajstić information content (AvgIpc) is 3.31. The van der Waals surface area contributed by atoms with E-state index in [0.717, 1.165) is 37.7 Å². The third-order valence-corrected chi connectivity index (χ3v) is 10.5. The minimum Gasteiger partial charge on any atom is -0.454 e. The number of ether oxygens (including phenoxy) is 1. The van der Waals surface area contributed by atoms with Crippen LogP contribution in [-0.4, -0.2) is 55.1 Å². The molecule has 1 aromatic rings. The monoisotopic (exact) mass is 482 g/mol. The van der Waals surface area contributed by atoms with E-state index >= 15 is 0 Å². The van der Waals surface area contributed by atoms with Crippen molar-refractivity contribution in [2.45, 2.75) is 83.6 Å². The van der Waals surface area contributed by atoms with Gasteiger partial charge in [-0.15, -0.1) is 0 Å². The SMILES string of the molecule is CC1=CC23C(=O)[C@@H](C=C(CO)[C@@H](O)[C@]2(O)[C@H]1Oc1nccn1C1CCCC1)[C@H]1[C@@H](C[C@H]3C)C1(C)C. The van der Waals surface area contributed by atoms with Gasteiger partial charge in [0.2, 0.25) is 0 Å². The Morgan fingerprint density at radius 3 is 2.66 bits per heavy atom. The largest absolute Gasteiger partial charge is 0.454 e. The zero-order valence-electron chi connectivity index (χ0n) is 21.1. The molecule has 1 heterocycles. The molecule has 3 fully saturated rings. The van der Waals surface area contributed by atoms with Crippen molar-refractivity contribution >= 4 is 5.78 Å². The highest BCUT2D eigenvalue weighted by Gasteiger charge is 2.76. The molecule has 5 aliphatic carbocycles. The molecule has 35 heavy (non-hydrogen) atoms. The quantitative estimate of drug-likeness (QED) is 0.569. The van der Waals surface area contributed by atoms with Gasteiger partial charge in [-0.05, 0) is 60.5 Å². The van der Waals surface area contributed by atoms with Crippen LogP contribution >= 0.6 is 0 Å². The summed E-state index contributed by atoms with van der Waals surface area (Å²) in [5.41, 5.74) is -2.20. The van der Waals surface area contributed by atoms with Gasteiger partial charge >= 0.3 is 0 Å². The lowest BCUT2D eigenvalue weighted by Crippen LogP contribution is -2.66. The molecular weight excluding hydrogens is 444 g/mol. The van der Waals surface area contributed by atoms with Crippen molar-refractivity contribution < 1.29 is 24.9 Å². The van der Waals surface area contributed by atoms with Crippen LogP contribution < -0.4 is 4.74 Å². The number of ketones is 1. The number of carbonyl (C=O) groups excluding carboxylic acids is 1. The number of fused-ring (bicyclic) bond motifs is 3. The summed E-state index contributed by atoms with van der Waals surface area (Å²) in [6.07, 6.45) is 10.1. The number of aliphatic hydroxyl groups excluding tert-OH is 2. The van der Waals surface area contributed by atoms with Gasteiger partial charge in [0.1, 0.15) is 6.10 Å². The maximum Gasteiger partial charge on any atom is 0.297 e. The van der Waals surface area contributed by atoms with Crippen molar-refractivity contribution in [3.8, 4) is 6.01 Å². The maximum atomic E-state index is 14.4. The van der Waals surface area contributed by atoms with Gasteiger partial charge < -0.3 is 20.1 Å². The standard InChI is InChI=1S/C28H38N2O5/c1-15-13-27-16(2)11-20-21(26(20,3)4)19(23(27)33)12-17(14-31)22(32)28(27,34)24(15)35-25-29-9-10-30(25)18-7-5-6-8-18/h9-10,12-13,16,18-22,24,31-32,34H,5-8,11,14H2,1-4H3/t16-,19+,20-,21+,22-,24+,27?,28+/m1/s1. The molecule has 3 N–H and O–H groups in total. The van der Waals surface area contributed by atoms with E-state index in [1.54, 1.807) is 12.3 Å². The lowest BCUT2D eigenvalue weighted by Gasteiger charge is -2.48. The molecule has 0 amide bonds. The number of aromatic nitrogens is 2. The minimum absolute atomic E-state index is 0.0139. The normalized spacial score (nSPS) is 44.1. The zero-order chi connectivity index (χ0) is 24.9. The molecule has 0 aliphatic heterocycles. The Morgan fingerprint density at radius 1 is 1.26 bits per heavy atom. The van der Waals surface area contributed by atoms with E-state index < -0.39 is 35.7 Å². The third-order valence-electron chi connectivity index (χ3n) is 10.5. The first kappa shape index (κ1) is 23.4. The number of aliphatic hydroxyl groups is 3. The van der Waals surface area contributed by atoms with Crippen LogP contribution in [0.3, 0.4) is 0 Å². The van der Waals surface area contributed by atoms with Crippen molar-refractivity contribution in [1.29, 1.82) is 0 Å². The average molecular weight is 483 g/mol. The molecule has 0 aromatic carbocycles. The van der Waals surface area contributed by atoms with Crippen molar-refractivity contribution in [1.82, 2.24) is 9.55 Å². The number of hydrogen-bond donors (Lipinski definition) is 3. The molecule has 0 radical (unpaired) electrons. The predicted octanol–water partition coefficient (Wildman–Crippen LogP) is 3.21. The maximum absolute atomic E-state index is 14.4. The molecule has 8 atom stereocenters. The Bertz CT molecular complexity index is 1110. The van der Waals surface area contributed by atoms with Crippen LogP contribution in [0.4, 0.5) is 0 Å². The zero-order valence-corrected chi connectivity index (χ0v) is 21.1. The van der Waals surface area contributed by atoms with Crippen LogP contribution in [0.5, 0.6) is 6.01 Å². The second-order valence-electron chi connectivity index (χ2n) is 12.4. The highest BCUT2D eigenvalue weighted by atomic mass is 16.5. The molecule has 1 aromatic heterocycles. The van der Waals surface area contributed by atoms with Crippen LogP contribution in [-0.2, 0) is 4.79 Å². The molecule has 1 unspecified atom stereocenters. The van der Waals surface area contributed by atoms with E-state index in [2.05, 4.69) is 18.8 Å². The van der Waals surface area contributed by atoms with Gasteiger partial charge in [-0.2, -0.15) is 0 Å². The van der Waals surface area contributed by atoms with Crippen LogP contribution in [0, 0.1) is 34.5 Å². The molecule has 5 aliphatic rings. The number of carbonyl (C=O) groups is 1. The van der Waals surface area contributed by atoms with Crippen molar-refractivity contribution in [3.63, 3.8) is 0 Å². The number of hydrogen-bond acceptors (Lipinski definition) is 6. The second kappa shape index (κ2) is 7.53. The number of nitrogens with zero attached hydrogens (tertiary/aromatic N) is 2. The van der Waals surface area contributed by atoms with E-state index in [-0.39, 0.29) is 23.0 Å². The van der Waals surface area contributed by atoms with E-state index in [0.29, 0.717) is 23.5 Å². The first-order chi connectivity index (χ1) is 16.6. The van der Waals surface area contributed by atoms with E-state index in [1.807, 2.05) is 30.7 Å². The summed E-state index contributed by atoms with van der Waals surface area (Å²) in [5.74, 6) is -0.204. The fourth-order valence-electron chi connectivity index (χ4n) is 8.55. The molecule has 7 heteroatoms. The van der Waals surface area contributed by atoms with E-state index in [4.69, 9.17) is 4.74 Å². The fraction of sp³-hybridized carbons (Fsp3) is 0.714. The van der Waals surface area contributed by atoms with Gasteiger partial charge in [-0.1, -0.05) is 45.8 Å². The van der Waals surface area contributed by atoms with Crippen LogP contribution in [0.15, 0.2) is 35.7 Å². The molecule has 6 rings (SSSR count). The summed E-state index contributed by atoms with van der Waals surface area (Å²) < 4.78 is 8.50. The highest BCUT2D eigenvalue weighted by molar-refractivity contribution is 5.95. The van der Waals surface area contributed by atoms with Gasteiger partial charge in [0.15, 0.2) is 17.5 Å². The van der Waals surface area contributed by atoms with Crippen molar-refractivity contribution in [3.05, 3.63) is 35.7 Å². The van der Waals surface area contributed by atoms with Gasteiger partial charge in [0.25, 0.3) is 6.01 Å². The molecule has 2 bridgehead atoms. The fourth-order valence-corrected chi connectivity index (χ4v) is 8.55. The van der Waals surface area contributed by atoms with Crippen LogP contribution in [0.1, 0.15) is 65.8 Å². The number of Topliss-reactive ketones (excluding diaryl/α,β-unsaturated/α-hetero) is 1. The van der Waals surface area contributed by atoms with E-state index in [1.165, 1.54) is 0 Å². The molecular formula is C28H38N2O5. The number of rotatable bonds is 4. The Kier molecular flexibility index (Phi) is 5.04. The molecule has 190 valence electrons. The third kappa shape index (κ3) is 2.83. The van der Waals surface area contributed by atoms with Crippen LogP contribution in [0.25, 0.3) is 0 Å². The smallest absolute Gasteiger partial charge is 0.297 e. The van der Waals surface area contributed by atoms with Crippen molar-refractivity contribution in [2.75, 3.05) is 6.61 Å². The first-order valence-electron chi connectivity index (χ1n) is 13.2. The predicted molar refractivity (Wildman–Crippen MR) is 130 cm³/mol. The number of allylic oxidation sites excluding steroid dienone is 1. The van der Waals surface area contributed by atoms with E-state index in [9.17, 15) is 20.1 Å². The number of imidazole rings is 1. The highest BCUT2D eigenvalue weighted by Crippen LogP contribution is 2.71. The second-order valence-corrected chi connectivity index (χ2v) is 12.4. The van der Waals surface area contributed by atoms with Gasteiger partial charge in [-0.3, -0.25) is 9.36 Å². The molecule has 1 spiro atoms. The Hall–Kier alpha value is -1.96. The lowest BCUT2D eigenvalue weighted by molar-refractivity contribution is -0.187. The molecule has 3 saturated carbocycles. The Morgan fingerprint density at radius 2 is 1.97 bits per heavy atom. The van der Waals surface area contributed by atoms with Gasteiger partial charge in [0.05, 0.1) is 12.0 Å². The van der Waals surface area contributed by atoms with Gasteiger partial charge in [-0.25, -0.2) is 4.98 Å². The van der Waals surface area contributed by atoms with Gasteiger partial charge in [0, 0.05) is 24.4 Å². The summed E-state index contributed by atoms with van der Waals surface area (Å²) in [6, 6.07) is 0.700. The topological polar surface area (TPSA) is 105 Å². The van der Waals surface area contributed by atoms with Crippen molar-refractivity contribution in [2.24, 2.45) is 34.5 Å². The lowest BCUT2D eigenvalue weighted by atomic mass is 9.59. The summed E-state index contributed by atoms with van der Waals surface area (Å²) in [6.45, 7) is 7.88. The Balaban J connectivity index is 1.47.